The molecule has 8 heteroatoms. The quantitative estimate of drug-likeness (QED) is 0.387. The van der Waals surface area contributed by atoms with Crippen LogP contribution >= 0.6 is 0 Å². The van der Waals surface area contributed by atoms with Gasteiger partial charge in [0.15, 0.2) is 0 Å². The van der Waals surface area contributed by atoms with Gasteiger partial charge in [0, 0.05) is 19.4 Å². The number of hydrogen-bond acceptors (Lipinski definition) is 8. The van der Waals surface area contributed by atoms with Crippen LogP contribution in [0.5, 0.6) is 0 Å². The summed E-state index contributed by atoms with van der Waals surface area (Å²) in [7, 11) is 0. The van der Waals surface area contributed by atoms with Gasteiger partial charge in [-0.2, -0.15) is 0 Å². The van der Waals surface area contributed by atoms with E-state index in [1.54, 1.807) is 13.8 Å². The lowest BCUT2D eigenvalue weighted by atomic mass is 9.79. The summed E-state index contributed by atoms with van der Waals surface area (Å²) in [5.74, 6) is -1.74. The molecule has 0 radical (unpaired) electrons. The molecule has 3 aliphatic rings. The van der Waals surface area contributed by atoms with Gasteiger partial charge in [-0.3, -0.25) is 9.59 Å². The highest BCUT2D eigenvalue weighted by atomic mass is 16.6. The van der Waals surface area contributed by atoms with E-state index < -0.39 is 53.0 Å². The van der Waals surface area contributed by atoms with E-state index in [0.717, 1.165) is 0 Å². The number of esters is 3. The molecule has 3 fully saturated rings. The van der Waals surface area contributed by atoms with Gasteiger partial charge in [-0.1, -0.05) is 6.58 Å². The highest BCUT2D eigenvalue weighted by Crippen LogP contribution is 2.45. The van der Waals surface area contributed by atoms with E-state index in [2.05, 4.69) is 6.58 Å². The third-order valence-electron chi connectivity index (χ3n) is 7.47. The second-order valence-electron chi connectivity index (χ2n) is 10.2. The van der Waals surface area contributed by atoms with Crippen LogP contribution in [0.15, 0.2) is 12.2 Å². The molecule has 0 spiro atoms. The summed E-state index contributed by atoms with van der Waals surface area (Å²) in [6, 6.07) is 0. The van der Waals surface area contributed by atoms with Gasteiger partial charge in [0.2, 0.25) is 0 Å². The Morgan fingerprint density at radius 2 is 1.56 bits per heavy atom. The topological polar surface area (TPSA) is 108 Å². The van der Waals surface area contributed by atoms with Crippen LogP contribution in [-0.2, 0) is 33.3 Å². The molecule has 0 aromatic rings. The molecule has 0 saturated carbocycles. The molecule has 32 heavy (non-hydrogen) atoms. The Kier molecular flexibility index (Phi) is 6.78. The van der Waals surface area contributed by atoms with Crippen LogP contribution in [0.2, 0.25) is 0 Å². The summed E-state index contributed by atoms with van der Waals surface area (Å²) in [6.07, 6.45) is 1.32. The summed E-state index contributed by atoms with van der Waals surface area (Å²) in [5, 5.41) is 11.3. The second-order valence-corrected chi connectivity index (χ2v) is 10.2. The Balaban J connectivity index is 2.04. The van der Waals surface area contributed by atoms with Crippen LogP contribution < -0.4 is 0 Å². The lowest BCUT2D eigenvalue weighted by Crippen LogP contribution is -2.49. The van der Waals surface area contributed by atoms with Gasteiger partial charge in [-0.15, -0.1) is 0 Å². The molecule has 3 heterocycles. The zero-order chi connectivity index (χ0) is 23.9. The fourth-order valence-electron chi connectivity index (χ4n) is 5.31. The monoisotopic (exact) mass is 452 g/mol. The number of aliphatic hydroxyl groups is 1. The molecule has 0 aliphatic carbocycles. The number of fused-ring (bicyclic) bond motifs is 5. The smallest absolute Gasteiger partial charge is 0.334 e. The van der Waals surface area contributed by atoms with E-state index in [1.807, 2.05) is 6.92 Å². The predicted octanol–water partition coefficient (Wildman–Crippen LogP) is 2.99. The standard InChI is InChI=1S/C24H36O8/c1-14-17-7-11-23(5,32-21(14)27)19(29-15(2)25)8-10-22(4,28)18-9-12-24(6,31-18)20(13-17)30-16(3)26/h17-20,28H,1,7-13H2,2-6H3/t17-,18+,19-,20+,22-,23-,24-/m0/s1. The van der Waals surface area contributed by atoms with Crippen LogP contribution in [0.3, 0.4) is 0 Å². The minimum absolute atomic E-state index is 0.279. The molecule has 180 valence electrons. The molecule has 7 atom stereocenters. The van der Waals surface area contributed by atoms with E-state index in [9.17, 15) is 19.5 Å². The van der Waals surface area contributed by atoms with Crippen molar-refractivity contribution in [2.75, 3.05) is 0 Å². The fraction of sp³-hybridized carbons (Fsp3) is 0.792. The first-order chi connectivity index (χ1) is 14.8. The molecule has 0 aromatic heterocycles. The molecule has 0 aromatic carbocycles. The molecular formula is C24H36O8. The van der Waals surface area contributed by atoms with Crippen molar-refractivity contribution >= 4 is 17.9 Å². The van der Waals surface area contributed by atoms with Gasteiger partial charge < -0.3 is 24.1 Å². The summed E-state index contributed by atoms with van der Waals surface area (Å²) in [5.41, 5.74) is -2.76. The SMILES string of the molecule is C=C1C(=O)O[C@@]2(C)CC[C@H]1C[C@@H](OC(C)=O)[C@]1(C)CC[C@@H](O1)[C@@](C)(O)CC[C@@H]2OC(C)=O. The average Bonchev–Trinajstić information content (AvgIpc) is 3.05. The highest BCUT2D eigenvalue weighted by molar-refractivity contribution is 5.89. The van der Waals surface area contributed by atoms with Gasteiger partial charge in [-0.25, -0.2) is 4.79 Å². The third-order valence-corrected chi connectivity index (χ3v) is 7.47. The van der Waals surface area contributed by atoms with E-state index in [0.29, 0.717) is 44.1 Å². The molecule has 3 rings (SSSR count). The minimum Gasteiger partial charge on any atom is -0.459 e. The van der Waals surface area contributed by atoms with Crippen molar-refractivity contribution in [1.82, 2.24) is 0 Å². The van der Waals surface area contributed by atoms with Gasteiger partial charge in [0.25, 0.3) is 0 Å². The Morgan fingerprint density at radius 1 is 0.969 bits per heavy atom. The largest absolute Gasteiger partial charge is 0.459 e. The number of rotatable bonds is 2. The van der Waals surface area contributed by atoms with Crippen molar-refractivity contribution in [3.8, 4) is 0 Å². The van der Waals surface area contributed by atoms with E-state index in [4.69, 9.17) is 18.9 Å². The predicted molar refractivity (Wildman–Crippen MR) is 114 cm³/mol. The number of carbonyl (C=O) groups excluding carboxylic acids is 3. The normalized spacial score (nSPS) is 42.7. The van der Waals surface area contributed by atoms with E-state index in [1.165, 1.54) is 13.8 Å². The average molecular weight is 453 g/mol. The van der Waals surface area contributed by atoms with Crippen LogP contribution in [-0.4, -0.2) is 58.1 Å². The molecule has 3 aliphatic heterocycles. The molecule has 4 bridgehead atoms. The second kappa shape index (κ2) is 8.78. The summed E-state index contributed by atoms with van der Waals surface area (Å²) >= 11 is 0. The summed E-state index contributed by atoms with van der Waals surface area (Å²) in [6.45, 7) is 12.0. The molecule has 0 unspecified atom stereocenters. The maximum absolute atomic E-state index is 12.9. The van der Waals surface area contributed by atoms with Gasteiger partial charge >= 0.3 is 17.9 Å². The van der Waals surface area contributed by atoms with Crippen molar-refractivity contribution in [2.45, 2.75) is 115 Å². The van der Waals surface area contributed by atoms with Gasteiger partial charge in [-0.05, 0) is 71.6 Å². The van der Waals surface area contributed by atoms with Crippen molar-refractivity contribution in [3.63, 3.8) is 0 Å². The number of carbonyl (C=O) groups is 3. The Hall–Kier alpha value is -1.93. The lowest BCUT2D eigenvalue weighted by molar-refractivity contribution is -0.191. The number of ether oxygens (including phenoxy) is 4. The van der Waals surface area contributed by atoms with Gasteiger partial charge in [0.05, 0.1) is 11.7 Å². The minimum atomic E-state index is -1.21. The number of hydrogen-bond donors (Lipinski definition) is 1. The molecule has 8 nitrogen and oxygen atoms in total. The zero-order valence-corrected chi connectivity index (χ0v) is 19.8. The first kappa shape index (κ1) is 24.7. The molecule has 3 saturated heterocycles. The van der Waals surface area contributed by atoms with Crippen LogP contribution in [0.25, 0.3) is 0 Å². The van der Waals surface area contributed by atoms with Gasteiger partial charge in [0.1, 0.15) is 23.4 Å². The maximum Gasteiger partial charge on any atom is 0.334 e. The maximum atomic E-state index is 12.9. The molecular weight excluding hydrogens is 416 g/mol. The Labute approximate surface area is 189 Å². The Morgan fingerprint density at radius 3 is 2.19 bits per heavy atom. The first-order valence-corrected chi connectivity index (χ1v) is 11.4. The third kappa shape index (κ3) is 5.01. The van der Waals surface area contributed by atoms with Crippen molar-refractivity contribution < 1.29 is 38.4 Å². The van der Waals surface area contributed by atoms with E-state index >= 15 is 0 Å². The van der Waals surface area contributed by atoms with Crippen LogP contribution in [0.1, 0.15) is 79.6 Å². The lowest BCUT2D eigenvalue weighted by Gasteiger charge is -2.39. The summed E-state index contributed by atoms with van der Waals surface area (Å²) in [4.78, 5) is 36.7. The highest BCUT2D eigenvalue weighted by Gasteiger charge is 2.53. The molecule has 1 N–H and O–H groups in total. The fourth-order valence-corrected chi connectivity index (χ4v) is 5.31. The van der Waals surface area contributed by atoms with Crippen molar-refractivity contribution in [1.29, 1.82) is 0 Å². The Bertz CT molecular complexity index is 789. The zero-order valence-electron chi connectivity index (χ0n) is 19.8. The first-order valence-electron chi connectivity index (χ1n) is 11.4. The van der Waals surface area contributed by atoms with E-state index in [-0.39, 0.29) is 12.3 Å². The molecule has 0 amide bonds. The summed E-state index contributed by atoms with van der Waals surface area (Å²) < 4.78 is 23.5. The van der Waals surface area contributed by atoms with Crippen molar-refractivity contribution in [2.24, 2.45) is 5.92 Å². The van der Waals surface area contributed by atoms with Crippen LogP contribution in [0.4, 0.5) is 0 Å². The van der Waals surface area contributed by atoms with Crippen LogP contribution in [0, 0.1) is 5.92 Å². The van der Waals surface area contributed by atoms with Crippen molar-refractivity contribution in [3.05, 3.63) is 12.2 Å².